The second-order valence-corrected chi connectivity index (χ2v) is 6.03. The van der Waals surface area contributed by atoms with Crippen molar-refractivity contribution in [3.05, 3.63) is 23.8 Å². The predicted molar refractivity (Wildman–Crippen MR) is 62.9 cm³/mol. The van der Waals surface area contributed by atoms with Crippen LogP contribution in [0.25, 0.3) is 0 Å². The van der Waals surface area contributed by atoms with Gasteiger partial charge < -0.3 is 10.1 Å². The molecule has 1 aromatic carbocycles. The largest absolute Gasteiger partial charge is 0.465 e. The van der Waals surface area contributed by atoms with Crippen molar-refractivity contribution in [1.82, 2.24) is 0 Å². The Bertz CT molecular complexity index is 565. The van der Waals surface area contributed by atoms with Gasteiger partial charge in [0.15, 0.2) is 9.84 Å². The highest BCUT2D eigenvalue weighted by atomic mass is 32.2. The molecular formula is C11H13NO4S. The summed E-state index contributed by atoms with van der Waals surface area (Å²) in [6.07, 6.45) is 0. The molecule has 0 amide bonds. The number of ether oxygens (including phenoxy) is 1. The average Bonchev–Trinajstić information content (AvgIpc) is 2.26. The first-order chi connectivity index (χ1) is 7.94. The van der Waals surface area contributed by atoms with Crippen LogP contribution < -0.4 is 5.32 Å². The molecule has 0 aromatic heterocycles. The number of hydrogen-bond acceptors (Lipinski definition) is 5. The number of anilines is 1. The van der Waals surface area contributed by atoms with Crippen LogP contribution in [-0.2, 0) is 14.6 Å². The highest BCUT2D eigenvalue weighted by molar-refractivity contribution is 7.91. The lowest BCUT2D eigenvalue weighted by molar-refractivity contribution is 0.0600. The summed E-state index contributed by atoms with van der Waals surface area (Å²) < 4.78 is 28.5. The molecule has 1 aromatic rings. The maximum Gasteiger partial charge on any atom is 0.337 e. The van der Waals surface area contributed by atoms with Crippen LogP contribution in [0, 0.1) is 0 Å². The van der Waals surface area contributed by atoms with Crippen LogP contribution in [0.2, 0.25) is 0 Å². The minimum absolute atomic E-state index is 0.0324. The first kappa shape index (κ1) is 11.9. The topological polar surface area (TPSA) is 72.5 Å². The predicted octanol–water partition coefficient (Wildman–Crippen LogP) is 1.06. The molecular weight excluding hydrogens is 242 g/mol. The molecule has 1 N–H and O–H groups in total. The van der Waals surface area contributed by atoms with Gasteiger partial charge in [0.2, 0.25) is 0 Å². The fraction of sp³-hybridized carbons (Fsp3) is 0.364. The van der Waals surface area contributed by atoms with E-state index in [1.54, 1.807) is 19.1 Å². The van der Waals surface area contributed by atoms with Gasteiger partial charge in [-0.25, -0.2) is 13.2 Å². The van der Waals surface area contributed by atoms with Gasteiger partial charge in [0.1, 0.15) is 0 Å². The minimum atomic E-state index is -3.33. The number of hydrogen-bond donors (Lipinski definition) is 1. The molecule has 0 radical (unpaired) electrons. The molecule has 0 aliphatic carbocycles. The summed E-state index contributed by atoms with van der Waals surface area (Å²) in [4.78, 5) is 11.5. The Morgan fingerprint density at radius 1 is 1.47 bits per heavy atom. The van der Waals surface area contributed by atoms with Gasteiger partial charge in [0, 0.05) is 6.04 Å². The molecule has 92 valence electrons. The lowest BCUT2D eigenvalue weighted by Crippen LogP contribution is -2.31. The second kappa shape index (κ2) is 4.03. The molecule has 1 aliphatic rings. The standard InChI is InChI=1S/C11H13NO4S/c1-7-6-17(14,15)10-5-8(11(13)16-2)3-4-9(10)12-7/h3-5,7,12H,6H2,1-2H3. The molecule has 1 heterocycles. The monoisotopic (exact) mass is 255 g/mol. The van der Waals surface area contributed by atoms with Gasteiger partial charge in [-0.2, -0.15) is 0 Å². The summed E-state index contributed by atoms with van der Waals surface area (Å²) in [6.45, 7) is 1.80. The van der Waals surface area contributed by atoms with Crippen LogP contribution >= 0.6 is 0 Å². The van der Waals surface area contributed by atoms with Gasteiger partial charge in [0.05, 0.1) is 29.0 Å². The number of esters is 1. The number of rotatable bonds is 1. The number of carbonyl (C=O) groups excluding carboxylic acids is 1. The third-order valence-electron chi connectivity index (χ3n) is 2.61. The zero-order chi connectivity index (χ0) is 12.6. The Balaban J connectivity index is 2.55. The summed E-state index contributed by atoms with van der Waals surface area (Å²) >= 11 is 0. The molecule has 0 saturated heterocycles. The number of sulfone groups is 1. The Hall–Kier alpha value is -1.56. The van der Waals surface area contributed by atoms with E-state index < -0.39 is 15.8 Å². The van der Waals surface area contributed by atoms with Crippen molar-refractivity contribution < 1.29 is 17.9 Å². The Kier molecular flexibility index (Phi) is 2.82. The van der Waals surface area contributed by atoms with Gasteiger partial charge in [-0.15, -0.1) is 0 Å². The third-order valence-corrected chi connectivity index (χ3v) is 4.56. The maximum absolute atomic E-state index is 12.0. The zero-order valence-corrected chi connectivity index (χ0v) is 10.4. The molecule has 0 bridgehead atoms. The van der Waals surface area contributed by atoms with E-state index >= 15 is 0 Å². The van der Waals surface area contributed by atoms with Crippen molar-refractivity contribution in [2.75, 3.05) is 18.2 Å². The van der Waals surface area contributed by atoms with Crippen LogP contribution in [0.5, 0.6) is 0 Å². The molecule has 2 rings (SSSR count). The van der Waals surface area contributed by atoms with Crippen molar-refractivity contribution in [1.29, 1.82) is 0 Å². The fourth-order valence-corrected chi connectivity index (χ4v) is 3.56. The molecule has 1 atom stereocenters. The van der Waals surface area contributed by atoms with Gasteiger partial charge in [-0.1, -0.05) is 0 Å². The second-order valence-electron chi connectivity index (χ2n) is 4.03. The Labute approximate surface area is 99.7 Å². The van der Waals surface area contributed by atoms with Gasteiger partial charge in [-0.3, -0.25) is 0 Å². The molecule has 6 heteroatoms. The quantitative estimate of drug-likeness (QED) is 0.760. The summed E-state index contributed by atoms with van der Waals surface area (Å²) in [6, 6.07) is 4.37. The first-order valence-electron chi connectivity index (χ1n) is 5.15. The Morgan fingerprint density at radius 2 is 2.18 bits per heavy atom. The van der Waals surface area contributed by atoms with Crippen molar-refractivity contribution >= 4 is 21.5 Å². The van der Waals surface area contributed by atoms with E-state index in [0.717, 1.165) is 0 Å². The van der Waals surface area contributed by atoms with Crippen LogP contribution in [0.15, 0.2) is 23.1 Å². The van der Waals surface area contributed by atoms with E-state index in [2.05, 4.69) is 10.1 Å². The van der Waals surface area contributed by atoms with E-state index in [1.807, 2.05) is 0 Å². The SMILES string of the molecule is COC(=O)c1ccc2c(c1)S(=O)(=O)CC(C)N2. The van der Waals surface area contributed by atoms with Crippen LogP contribution in [0.4, 0.5) is 5.69 Å². The van der Waals surface area contributed by atoms with Crippen molar-refractivity contribution in [3.8, 4) is 0 Å². The third kappa shape index (κ3) is 2.12. The van der Waals surface area contributed by atoms with E-state index in [9.17, 15) is 13.2 Å². The lowest BCUT2D eigenvalue weighted by Gasteiger charge is -2.24. The zero-order valence-electron chi connectivity index (χ0n) is 9.56. The summed E-state index contributed by atoms with van der Waals surface area (Å²) in [7, 11) is -2.07. The molecule has 0 fully saturated rings. The van der Waals surface area contributed by atoms with E-state index in [4.69, 9.17) is 0 Å². The van der Waals surface area contributed by atoms with Crippen molar-refractivity contribution in [2.24, 2.45) is 0 Å². The number of nitrogens with one attached hydrogen (secondary N) is 1. The summed E-state index contributed by atoms with van der Waals surface area (Å²) in [5, 5.41) is 3.07. The van der Waals surface area contributed by atoms with Gasteiger partial charge in [0.25, 0.3) is 0 Å². The Morgan fingerprint density at radius 3 is 2.82 bits per heavy atom. The first-order valence-corrected chi connectivity index (χ1v) is 6.81. The van der Waals surface area contributed by atoms with Crippen molar-refractivity contribution in [3.63, 3.8) is 0 Å². The number of methoxy groups -OCH3 is 1. The van der Waals surface area contributed by atoms with E-state index in [0.29, 0.717) is 5.69 Å². The number of carbonyl (C=O) groups is 1. The number of benzene rings is 1. The number of fused-ring (bicyclic) bond motifs is 1. The molecule has 5 nitrogen and oxygen atoms in total. The molecule has 1 aliphatic heterocycles. The van der Waals surface area contributed by atoms with Crippen LogP contribution in [-0.4, -0.2) is 33.3 Å². The smallest absolute Gasteiger partial charge is 0.337 e. The van der Waals surface area contributed by atoms with Crippen LogP contribution in [0.3, 0.4) is 0 Å². The highest BCUT2D eigenvalue weighted by Crippen LogP contribution is 2.29. The van der Waals surface area contributed by atoms with Gasteiger partial charge in [-0.05, 0) is 25.1 Å². The average molecular weight is 255 g/mol. The van der Waals surface area contributed by atoms with Gasteiger partial charge >= 0.3 is 5.97 Å². The molecule has 0 saturated carbocycles. The summed E-state index contributed by atoms with van der Waals surface area (Å²) in [5.74, 6) is -0.508. The molecule has 0 spiro atoms. The van der Waals surface area contributed by atoms with E-state index in [1.165, 1.54) is 13.2 Å². The maximum atomic E-state index is 12.0. The lowest BCUT2D eigenvalue weighted by atomic mass is 10.2. The highest BCUT2D eigenvalue weighted by Gasteiger charge is 2.28. The van der Waals surface area contributed by atoms with Crippen LogP contribution in [0.1, 0.15) is 17.3 Å². The normalized spacial score (nSPS) is 21.2. The fourth-order valence-electron chi connectivity index (χ4n) is 1.87. The summed E-state index contributed by atoms with van der Waals surface area (Å²) in [5.41, 5.74) is 0.780. The van der Waals surface area contributed by atoms with Crippen molar-refractivity contribution in [2.45, 2.75) is 17.9 Å². The minimum Gasteiger partial charge on any atom is -0.465 e. The molecule has 1 unspecified atom stereocenters. The molecule has 17 heavy (non-hydrogen) atoms. The van der Waals surface area contributed by atoms with E-state index in [-0.39, 0.29) is 22.3 Å².